The maximum absolute atomic E-state index is 13.2. The zero-order valence-corrected chi connectivity index (χ0v) is 18.1. The summed E-state index contributed by atoms with van der Waals surface area (Å²) >= 11 is 0. The summed E-state index contributed by atoms with van der Waals surface area (Å²) in [6.07, 6.45) is -0.252. The van der Waals surface area contributed by atoms with Gasteiger partial charge in [-0.3, -0.25) is 4.90 Å². The molecule has 9 heteroatoms. The highest BCUT2D eigenvalue weighted by atomic mass is 32.2. The molecule has 0 amide bonds. The van der Waals surface area contributed by atoms with Crippen LogP contribution in [0.4, 0.5) is 8.78 Å². The Morgan fingerprint density at radius 1 is 1.31 bits per heavy atom. The minimum Gasteiger partial charge on any atom is -0.493 e. The number of halogens is 2. The molecule has 29 heavy (non-hydrogen) atoms. The first-order valence-corrected chi connectivity index (χ1v) is 11.4. The van der Waals surface area contributed by atoms with Gasteiger partial charge in [0.05, 0.1) is 19.9 Å². The number of benzene rings is 1. The smallest absolute Gasteiger partial charge is 0.251 e. The quantitative estimate of drug-likeness (QED) is 0.532. The number of hydrogen-bond donors (Lipinski definition) is 0. The van der Waals surface area contributed by atoms with Crippen molar-refractivity contribution in [1.82, 2.24) is 9.21 Å². The highest BCUT2D eigenvalue weighted by Crippen LogP contribution is 2.30. The van der Waals surface area contributed by atoms with Crippen LogP contribution in [0.25, 0.3) is 0 Å². The Morgan fingerprint density at radius 3 is 2.48 bits per heavy atom. The van der Waals surface area contributed by atoms with E-state index >= 15 is 0 Å². The zero-order valence-electron chi connectivity index (χ0n) is 17.2. The highest BCUT2D eigenvalue weighted by molar-refractivity contribution is 7.88. The fourth-order valence-electron chi connectivity index (χ4n) is 3.43. The van der Waals surface area contributed by atoms with Crippen molar-refractivity contribution in [2.45, 2.75) is 38.8 Å². The van der Waals surface area contributed by atoms with Gasteiger partial charge in [-0.1, -0.05) is 12.6 Å². The third-order valence-electron chi connectivity index (χ3n) is 4.87. The van der Waals surface area contributed by atoms with Crippen LogP contribution in [0.5, 0.6) is 11.5 Å². The van der Waals surface area contributed by atoms with Crippen molar-refractivity contribution >= 4 is 10.0 Å². The van der Waals surface area contributed by atoms with Crippen LogP contribution < -0.4 is 9.47 Å². The molecule has 0 bridgehead atoms. The van der Waals surface area contributed by atoms with E-state index < -0.39 is 16.4 Å². The summed E-state index contributed by atoms with van der Waals surface area (Å²) in [5, 5.41) is 0. The molecular weight excluding hydrogens is 402 g/mol. The van der Waals surface area contributed by atoms with Gasteiger partial charge in [0.25, 0.3) is 6.43 Å². The molecule has 0 spiro atoms. The topological polar surface area (TPSA) is 59.1 Å². The number of rotatable bonds is 10. The van der Waals surface area contributed by atoms with Crippen LogP contribution in [0.3, 0.4) is 0 Å². The normalized spacial score (nSPS) is 16.4. The SMILES string of the molecule is C=C(C)COc1cc(CN(CC(F)F)C2CCN(S(C)(=O)=O)CC2)ccc1OC. The predicted octanol–water partition coefficient (Wildman–Crippen LogP) is 3.14. The van der Waals surface area contributed by atoms with Crippen molar-refractivity contribution in [3.63, 3.8) is 0 Å². The molecule has 1 aromatic carbocycles. The second-order valence-electron chi connectivity index (χ2n) is 7.44. The summed E-state index contributed by atoms with van der Waals surface area (Å²) in [6, 6.07) is 5.28. The Kier molecular flexibility index (Phi) is 8.42. The number of methoxy groups -OCH3 is 1. The third-order valence-corrected chi connectivity index (χ3v) is 6.17. The van der Waals surface area contributed by atoms with E-state index in [-0.39, 0.29) is 12.6 Å². The molecule has 0 atom stereocenters. The maximum Gasteiger partial charge on any atom is 0.251 e. The van der Waals surface area contributed by atoms with E-state index in [1.165, 1.54) is 10.6 Å². The van der Waals surface area contributed by atoms with Gasteiger partial charge in [0.2, 0.25) is 10.0 Å². The van der Waals surface area contributed by atoms with Crippen LogP contribution in [0.15, 0.2) is 30.4 Å². The van der Waals surface area contributed by atoms with Gasteiger partial charge in [0.1, 0.15) is 6.61 Å². The Balaban J connectivity index is 2.13. The largest absolute Gasteiger partial charge is 0.493 e. The molecule has 0 unspecified atom stereocenters. The van der Waals surface area contributed by atoms with Crippen LogP contribution in [-0.4, -0.2) is 69.7 Å². The van der Waals surface area contributed by atoms with Gasteiger partial charge in [0, 0.05) is 25.7 Å². The molecule has 0 N–H and O–H groups in total. The second-order valence-corrected chi connectivity index (χ2v) is 9.43. The molecule has 1 aliphatic heterocycles. The van der Waals surface area contributed by atoms with Crippen molar-refractivity contribution in [1.29, 1.82) is 0 Å². The molecule has 1 aliphatic rings. The molecule has 1 aromatic rings. The highest BCUT2D eigenvalue weighted by Gasteiger charge is 2.30. The molecule has 2 rings (SSSR count). The van der Waals surface area contributed by atoms with Crippen molar-refractivity contribution in [3.8, 4) is 11.5 Å². The van der Waals surface area contributed by atoms with Gasteiger partial charge in [0.15, 0.2) is 11.5 Å². The maximum atomic E-state index is 13.2. The van der Waals surface area contributed by atoms with E-state index in [4.69, 9.17) is 9.47 Å². The lowest BCUT2D eigenvalue weighted by atomic mass is 10.0. The third kappa shape index (κ3) is 7.24. The molecule has 1 fully saturated rings. The average molecular weight is 433 g/mol. The first-order chi connectivity index (χ1) is 13.6. The number of hydrogen-bond acceptors (Lipinski definition) is 5. The fraction of sp³-hybridized carbons (Fsp3) is 0.600. The molecular formula is C20H30F2N2O4S. The van der Waals surface area contributed by atoms with Crippen molar-refractivity contribution in [3.05, 3.63) is 35.9 Å². The minimum absolute atomic E-state index is 0.108. The van der Waals surface area contributed by atoms with Gasteiger partial charge < -0.3 is 9.47 Å². The van der Waals surface area contributed by atoms with Crippen LogP contribution in [0.1, 0.15) is 25.3 Å². The molecule has 0 radical (unpaired) electrons. The van der Waals surface area contributed by atoms with Gasteiger partial charge in [-0.15, -0.1) is 0 Å². The molecule has 0 aromatic heterocycles. The summed E-state index contributed by atoms with van der Waals surface area (Å²) in [6.45, 7) is 6.65. The van der Waals surface area contributed by atoms with Crippen molar-refractivity contribution in [2.24, 2.45) is 0 Å². The van der Waals surface area contributed by atoms with Gasteiger partial charge in [-0.25, -0.2) is 21.5 Å². The van der Waals surface area contributed by atoms with Crippen LogP contribution in [0, 0.1) is 0 Å². The number of piperidine rings is 1. The predicted molar refractivity (Wildman–Crippen MR) is 109 cm³/mol. The Bertz CT molecular complexity index is 794. The Morgan fingerprint density at radius 2 is 1.97 bits per heavy atom. The number of sulfonamides is 1. The lowest BCUT2D eigenvalue weighted by Gasteiger charge is -2.37. The molecule has 0 aliphatic carbocycles. The van der Waals surface area contributed by atoms with Crippen LogP contribution in [-0.2, 0) is 16.6 Å². The minimum atomic E-state index is -3.25. The summed E-state index contributed by atoms with van der Waals surface area (Å²) in [7, 11) is -1.71. The van der Waals surface area contributed by atoms with Crippen molar-refractivity contribution < 1.29 is 26.7 Å². The monoisotopic (exact) mass is 432 g/mol. The number of nitrogens with zero attached hydrogens (tertiary/aromatic N) is 2. The molecule has 0 saturated carbocycles. The van der Waals surface area contributed by atoms with E-state index in [1.807, 2.05) is 13.0 Å². The van der Waals surface area contributed by atoms with E-state index in [0.717, 1.165) is 11.1 Å². The first kappa shape index (κ1) is 23.6. The molecule has 1 heterocycles. The first-order valence-electron chi connectivity index (χ1n) is 9.51. The van der Waals surface area contributed by atoms with E-state index in [0.29, 0.717) is 50.6 Å². The second kappa shape index (κ2) is 10.4. The van der Waals surface area contributed by atoms with E-state index in [1.54, 1.807) is 24.1 Å². The molecule has 6 nitrogen and oxygen atoms in total. The number of alkyl halides is 2. The Hall–Kier alpha value is -1.71. The standard InChI is InChI=1S/C20H30F2N2O4S/c1-15(2)14-28-19-11-16(5-6-18(19)27-3)12-23(13-20(21)22)17-7-9-24(10-8-17)29(4,25)26/h5-6,11,17,20H,1,7-10,12-14H2,2-4H3. The van der Waals surface area contributed by atoms with E-state index in [9.17, 15) is 17.2 Å². The summed E-state index contributed by atoms with van der Waals surface area (Å²) in [5.41, 5.74) is 1.68. The van der Waals surface area contributed by atoms with Crippen LogP contribution in [0.2, 0.25) is 0 Å². The van der Waals surface area contributed by atoms with Crippen molar-refractivity contribution in [2.75, 3.05) is 39.6 Å². The summed E-state index contributed by atoms with van der Waals surface area (Å²) in [4.78, 5) is 1.73. The zero-order chi connectivity index (χ0) is 21.6. The Labute approximate surface area is 172 Å². The van der Waals surface area contributed by atoms with Crippen LogP contribution >= 0.6 is 0 Å². The lowest BCUT2D eigenvalue weighted by Crippen LogP contribution is -2.47. The molecule has 164 valence electrons. The average Bonchev–Trinajstić information content (AvgIpc) is 2.65. The van der Waals surface area contributed by atoms with E-state index in [2.05, 4.69) is 6.58 Å². The number of ether oxygens (including phenoxy) is 2. The fourth-order valence-corrected chi connectivity index (χ4v) is 4.30. The van der Waals surface area contributed by atoms with Gasteiger partial charge in [-0.2, -0.15) is 0 Å². The molecule has 1 saturated heterocycles. The summed E-state index contributed by atoms with van der Waals surface area (Å²) < 4.78 is 62.3. The summed E-state index contributed by atoms with van der Waals surface area (Å²) in [5.74, 6) is 1.11. The lowest BCUT2D eigenvalue weighted by molar-refractivity contribution is 0.0456. The van der Waals surface area contributed by atoms with Gasteiger partial charge >= 0.3 is 0 Å². The van der Waals surface area contributed by atoms with Gasteiger partial charge in [-0.05, 0) is 43.0 Å².